The highest BCUT2D eigenvalue weighted by molar-refractivity contribution is 9.10. The molecule has 0 amide bonds. The minimum atomic E-state index is 0.652. The van der Waals surface area contributed by atoms with E-state index < -0.39 is 0 Å². The van der Waals surface area contributed by atoms with Gasteiger partial charge in [-0.25, -0.2) is 0 Å². The molecule has 1 aliphatic rings. The zero-order valence-corrected chi connectivity index (χ0v) is 11.6. The van der Waals surface area contributed by atoms with Crippen LogP contribution in [0.2, 0.25) is 0 Å². The smallest absolute Gasteiger partial charge is 0.0732 e. The van der Waals surface area contributed by atoms with Crippen molar-refractivity contribution >= 4 is 15.9 Å². The number of rotatable bonds is 5. The number of pyridine rings is 1. The summed E-state index contributed by atoms with van der Waals surface area (Å²) in [6.07, 6.45) is 8.72. The summed E-state index contributed by atoms with van der Waals surface area (Å²) < 4.78 is 6.68. The summed E-state index contributed by atoms with van der Waals surface area (Å²) in [5, 5.41) is 3.53. The lowest BCUT2D eigenvalue weighted by atomic mass is 10.0. The normalized spacial score (nSPS) is 20.4. The van der Waals surface area contributed by atoms with E-state index in [0.29, 0.717) is 12.6 Å². The maximum Gasteiger partial charge on any atom is 0.0732 e. The Morgan fingerprint density at radius 1 is 1.41 bits per heavy atom. The van der Waals surface area contributed by atoms with Crippen molar-refractivity contribution in [3.8, 4) is 0 Å². The van der Waals surface area contributed by atoms with Gasteiger partial charge in [-0.3, -0.25) is 4.98 Å². The van der Waals surface area contributed by atoms with Crippen LogP contribution in [0.15, 0.2) is 22.9 Å². The molecule has 0 bridgehead atoms. The van der Waals surface area contributed by atoms with E-state index in [-0.39, 0.29) is 0 Å². The molecule has 3 nitrogen and oxygen atoms in total. The number of aromatic nitrogens is 1. The van der Waals surface area contributed by atoms with Crippen molar-refractivity contribution in [1.82, 2.24) is 10.3 Å². The third kappa shape index (κ3) is 4.74. The average molecular weight is 299 g/mol. The second kappa shape index (κ2) is 7.09. The fourth-order valence-electron chi connectivity index (χ4n) is 2.12. The lowest BCUT2D eigenvalue weighted by Gasteiger charge is -2.23. The quantitative estimate of drug-likeness (QED) is 0.849. The van der Waals surface area contributed by atoms with Gasteiger partial charge in [-0.2, -0.15) is 0 Å². The van der Waals surface area contributed by atoms with Crippen molar-refractivity contribution in [1.29, 1.82) is 0 Å². The first-order chi connectivity index (χ1) is 8.34. The molecule has 2 rings (SSSR count). The zero-order chi connectivity index (χ0) is 11.9. The molecular formula is C13H19BrN2O. The molecule has 1 atom stereocenters. The number of hydrogen-bond donors (Lipinski definition) is 1. The van der Waals surface area contributed by atoms with Gasteiger partial charge in [0.05, 0.1) is 6.61 Å². The molecule has 1 aliphatic heterocycles. The van der Waals surface area contributed by atoms with Gasteiger partial charge >= 0.3 is 0 Å². The second-order valence-electron chi connectivity index (χ2n) is 4.50. The summed E-state index contributed by atoms with van der Waals surface area (Å²) in [4.78, 5) is 4.11. The van der Waals surface area contributed by atoms with E-state index >= 15 is 0 Å². The Bertz CT molecular complexity index is 340. The Morgan fingerprint density at radius 3 is 3.12 bits per heavy atom. The summed E-state index contributed by atoms with van der Waals surface area (Å²) in [5.41, 5.74) is 1.12. The van der Waals surface area contributed by atoms with Gasteiger partial charge in [-0.05, 0) is 53.4 Å². The second-order valence-corrected chi connectivity index (χ2v) is 5.42. The van der Waals surface area contributed by atoms with E-state index in [9.17, 15) is 0 Å². The summed E-state index contributed by atoms with van der Waals surface area (Å²) in [5.74, 6) is 0. The van der Waals surface area contributed by atoms with Crippen LogP contribution in [0.25, 0.3) is 0 Å². The minimum absolute atomic E-state index is 0.652. The Morgan fingerprint density at radius 2 is 2.35 bits per heavy atom. The molecule has 1 aromatic rings. The SMILES string of the molecule is Brc1cncc(COCCC2CCCCN2)c1. The van der Waals surface area contributed by atoms with Crippen molar-refractivity contribution in [2.24, 2.45) is 0 Å². The van der Waals surface area contributed by atoms with Crippen LogP contribution in [-0.4, -0.2) is 24.2 Å². The number of nitrogens with zero attached hydrogens (tertiary/aromatic N) is 1. The highest BCUT2D eigenvalue weighted by Crippen LogP contribution is 2.12. The fraction of sp³-hybridized carbons (Fsp3) is 0.615. The van der Waals surface area contributed by atoms with Crippen LogP contribution < -0.4 is 5.32 Å². The van der Waals surface area contributed by atoms with Gasteiger partial charge in [0.25, 0.3) is 0 Å². The standard InChI is InChI=1S/C13H19BrN2O/c14-12-7-11(8-15-9-12)10-17-6-4-13-3-1-2-5-16-13/h7-9,13,16H,1-6,10H2. The predicted molar refractivity (Wildman–Crippen MR) is 71.9 cm³/mol. The molecule has 1 unspecified atom stereocenters. The maximum atomic E-state index is 5.68. The number of hydrogen-bond acceptors (Lipinski definition) is 3. The lowest BCUT2D eigenvalue weighted by Crippen LogP contribution is -2.34. The summed E-state index contributed by atoms with van der Waals surface area (Å²) in [7, 11) is 0. The van der Waals surface area contributed by atoms with Crippen molar-refractivity contribution in [2.75, 3.05) is 13.2 Å². The fourth-order valence-corrected chi connectivity index (χ4v) is 2.53. The molecular weight excluding hydrogens is 280 g/mol. The monoisotopic (exact) mass is 298 g/mol. The molecule has 2 heterocycles. The molecule has 0 aromatic carbocycles. The molecule has 17 heavy (non-hydrogen) atoms. The molecule has 0 aliphatic carbocycles. The van der Waals surface area contributed by atoms with Crippen LogP contribution in [0.1, 0.15) is 31.2 Å². The van der Waals surface area contributed by atoms with Gasteiger partial charge in [0.15, 0.2) is 0 Å². The van der Waals surface area contributed by atoms with Gasteiger partial charge in [0, 0.05) is 29.5 Å². The highest BCUT2D eigenvalue weighted by atomic mass is 79.9. The number of nitrogens with one attached hydrogen (secondary N) is 1. The third-order valence-corrected chi connectivity index (χ3v) is 3.49. The van der Waals surface area contributed by atoms with Crippen LogP contribution >= 0.6 is 15.9 Å². The topological polar surface area (TPSA) is 34.1 Å². The van der Waals surface area contributed by atoms with Crippen LogP contribution in [0.3, 0.4) is 0 Å². The molecule has 0 spiro atoms. The molecule has 1 aromatic heterocycles. The van der Waals surface area contributed by atoms with Gasteiger partial charge < -0.3 is 10.1 Å². The highest BCUT2D eigenvalue weighted by Gasteiger charge is 2.11. The summed E-state index contributed by atoms with van der Waals surface area (Å²) >= 11 is 3.41. The Hall–Kier alpha value is -0.450. The molecule has 1 fully saturated rings. The maximum absolute atomic E-state index is 5.68. The van der Waals surface area contributed by atoms with E-state index in [1.807, 2.05) is 12.3 Å². The van der Waals surface area contributed by atoms with E-state index in [1.54, 1.807) is 6.20 Å². The van der Waals surface area contributed by atoms with Gasteiger partial charge in [0.1, 0.15) is 0 Å². The van der Waals surface area contributed by atoms with Crippen LogP contribution in [0.4, 0.5) is 0 Å². The molecule has 1 N–H and O–H groups in total. The van der Waals surface area contributed by atoms with Gasteiger partial charge in [-0.15, -0.1) is 0 Å². The van der Waals surface area contributed by atoms with E-state index in [0.717, 1.165) is 23.1 Å². The summed E-state index contributed by atoms with van der Waals surface area (Å²) in [6.45, 7) is 2.64. The minimum Gasteiger partial charge on any atom is -0.377 e. The number of halogens is 1. The molecule has 0 radical (unpaired) electrons. The predicted octanol–water partition coefficient (Wildman–Crippen LogP) is 2.89. The first-order valence-corrected chi connectivity index (χ1v) is 7.04. The third-order valence-electron chi connectivity index (χ3n) is 3.05. The molecule has 1 saturated heterocycles. The van der Waals surface area contributed by atoms with Crippen LogP contribution in [0, 0.1) is 0 Å². The Labute approximate surface area is 111 Å². The Balaban J connectivity index is 1.62. The van der Waals surface area contributed by atoms with E-state index in [2.05, 4.69) is 26.2 Å². The van der Waals surface area contributed by atoms with Crippen molar-refractivity contribution in [3.05, 3.63) is 28.5 Å². The molecule has 4 heteroatoms. The Kier molecular flexibility index (Phi) is 5.42. The summed E-state index contributed by atoms with van der Waals surface area (Å²) in [6, 6.07) is 2.70. The van der Waals surface area contributed by atoms with Crippen LogP contribution in [0.5, 0.6) is 0 Å². The van der Waals surface area contributed by atoms with E-state index in [1.165, 1.54) is 25.8 Å². The van der Waals surface area contributed by atoms with Gasteiger partial charge in [-0.1, -0.05) is 6.42 Å². The largest absolute Gasteiger partial charge is 0.377 e. The first kappa shape index (κ1) is 13.0. The van der Waals surface area contributed by atoms with Crippen molar-refractivity contribution in [2.45, 2.75) is 38.3 Å². The van der Waals surface area contributed by atoms with E-state index in [4.69, 9.17) is 4.74 Å². The lowest BCUT2D eigenvalue weighted by molar-refractivity contribution is 0.108. The van der Waals surface area contributed by atoms with Gasteiger partial charge in [0.2, 0.25) is 0 Å². The molecule has 94 valence electrons. The first-order valence-electron chi connectivity index (χ1n) is 6.25. The molecule has 0 saturated carbocycles. The van der Waals surface area contributed by atoms with Crippen LogP contribution in [-0.2, 0) is 11.3 Å². The number of piperidine rings is 1. The number of ether oxygens (including phenoxy) is 1. The average Bonchev–Trinajstić information content (AvgIpc) is 2.36. The van der Waals surface area contributed by atoms with Crippen molar-refractivity contribution in [3.63, 3.8) is 0 Å². The van der Waals surface area contributed by atoms with Crippen molar-refractivity contribution < 1.29 is 4.74 Å². The zero-order valence-electron chi connectivity index (χ0n) is 9.99.